The van der Waals surface area contributed by atoms with Crippen molar-refractivity contribution in [1.29, 1.82) is 0 Å². The Morgan fingerprint density at radius 2 is 0.864 bits per heavy atom. The number of fused-ring (bicyclic) bond motifs is 4. The van der Waals surface area contributed by atoms with Crippen LogP contribution < -0.4 is 10.6 Å². The van der Waals surface area contributed by atoms with E-state index in [1.165, 1.54) is 21.5 Å². The fourth-order valence-corrected chi connectivity index (χ4v) is 3.19. The zero-order chi connectivity index (χ0) is 14.5. The normalized spacial score (nSPS) is 12.4. The molecule has 4 aromatic rings. The fraction of sp³-hybridized carbons (Fsp3) is 0. The molecule has 2 heteroatoms. The van der Waals surface area contributed by atoms with Crippen molar-refractivity contribution in [2.75, 3.05) is 10.6 Å². The average Bonchev–Trinajstić information content (AvgIpc) is 2.56. The van der Waals surface area contributed by atoms with Crippen molar-refractivity contribution in [1.82, 2.24) is 0 Å². The van der Waals surface area contributed by atoms with Crippen LogP contribution in [0.4, 0.5) is 22.7 Å². The number of anilines is 4. The topological polar surface area (TPSA) is 24.1 Å². The number of benzene rings is 4. The molecule has 0 saturated heterocycles. The molecule has 0 amide bonds. The lowest BCUT2D eigenvalue weighted by Crippen LogP contribution is -2.05. The third kappa shape index (κ3) is 1.67. The molecule has 0 aromatic heterocycles. The Morgan fingerprint density at radius 1 is 0.409 bits per heavy atom. The second kappa shape index (κ2) is 4.25. The summed E-state index contributed by atoms with van der Waals surface area (Å²) in [6.07, 6.45) is 0. The van der Waals surface area contributed by atoms with Crippen molar-refractivity contribution >= 4 is 44.3 Å². The maximum atomic E-state index is 3.52. The Morgan fingerprint density at radius 3 is 1.36 bits per heavy atom. The molecule has 2 N–H and O–H groups in total. The molecule has 1 aliphatic rings. The molecular formula is C20H14N2. The maximum Gasteiger partial charge on any atom is 0.0630 e. The molecule has 104 valence electrons. The third-order valence-electron chi connectivity index (χ3n) is 4.31. The van der Waals surface area contributed by atoms with E-state index < -0.39 is 0 Å². The lowest BCUT2D eigenvalue weighted by molar-refractivity contribution is 1.46. The lowest BCUT2D eigenvalue weighted by Gasteiger charge is -2.23. The smallest absolute Gasteiger partial charge is 0.0630 e. The maximum absolute atomic E-state index is 3.52. The van der Waals surface area contributed by atoms with Crippen molar-refractivity contribution < 1.29 is 0 Å². The summed E-state index contributed by atoms with van der Waals surface area (Å²) in [7, 11) is 0. The Bertz CT molecular complexity index is 951. The van der Waals surface area contributed by atoms with Crippen LogP contribution in [0.3, 0.4) is 0 Å². The van der Waals surface area contributed by atoms with Gasteiger partial charge < -0.3 is 10.6 Å². The zero-order valence-corrected chi connectivity index (χ0v) is 11.9. The van der Waals surface area contributed by atoms with Crippen LogP contribution in [0.25, 0.3) is 21.5 Å². The van der Waals surface area contributed by atoms with Crippen LogP contribution in [-0.2, 0) is 0 Å². The average molecular weight is 282 g/mol. The molecule has 22 heavy (non-hydrogen) atoms. The molecule has 0 radical (unpaired) electrons. The summed E-state index contributed by atoms with van der Waals surface area (Å²) in [6, 6.07) is 25.7. The second-order valence-electron chi connectivity index (χ2n) is 5.74. The quantitative estimate of drug-likeness (QED) is 0.351. The highest BCUT2D eigenvalue weighted by molar-refractivity contribution is 6.04. The zero-order valence-electron chi connectivity index (χ0n) is 11.9. The highest BCUT2D eigenvalue weighted by atomic mass is 15.0. The van der Waals surface area contributed by atoms with E-state index in [0.29, 0.717) is 0 Å². The molecule has 0 atom stereocenters. The predicted molar refractivity (Wildman–Crippen MR) is 94.5 cm³/mol. The summed E-state index contributed by atoms with van der Waals surface area (Å²) in [5, 5.41) is 12.1. The molecule has 0 unspecified atom stereocenters. The molecule has 0 fully saturated rings. The van der Waals surface area contributed by atoms with Crippen molar-refractivity contribution in [3.63, 3.8) is 0 Å². The lowest BCUT2D eigenvalue weighted by atomic mass is 10.0. The van der Waals surface area contributed by atoms with E-state index in [4.69, 9.17) is 0 Å². The Hall–Kier alpha value is -3.00. The van der Waals surface area contributed by atoms with E-state index >= 15 is 0 Å². The van der Waals surface area contributed by atoms with Crippen molar-refractivity contribution in [2.24, 2.45) is 0 Å². The van der Waals surface area contributed by atoms with Gasteiger partial charge in [0.25, 0.3) is 0 Å². The number of nitrogens with one attached hydrogen (secondary N) is 2. The second-order valence-corrected chi connectivity index (χ2v) is 5.74. The van der Waals surface area contributed by atoms with Crippen LogP contribution in [0.5, 0.6) is 0 Å². The van der Waals surface area contributed by atoms with Gasteiger partial charge in [-0.05, 0) is 57.9 Å². The van der Waals surface area contributed by atoms with E-state index in [-0.39, 0.29) is 0 Å². The molecule has 5 rings (SSSR count). The number of hydrogen-bond acceptors (Lipinski definition) is 2. The molecule has 4 aromatic carbocycles. The predicted octanol–water partition coefficient (Wildman–Crippen LogP) is 5.79. The fourth-order valence-electron chi connectivity index (χ4n) is 3.19. The first-order valence-electron chi connectivity index (χ1n) is 7.46. The first kappa shape index (κ1) is 11.6. The van der Waals surface area contributed by atoms with Crippen LogP contribution in [0.2, 0.25) is 0 Å². The minimum absolute atomic E-state index is 1.12. The van der Waals surface area contributed by atoms with Gasteiger partial charge in [-0.2, -0.15) is 0 Å². The molecule has 0 spiro atoms. The minimum Gasteiger partial charge on any atom is -0.352 e. The standard InChI is InChI=1S/C20H14N2/c1-2-6-14-10-16-12-20-19(11-15(16)9-13(14)5-1)21-17-7-3-4-8-18(17)22-20/h1-12,21-22H. The van der Waals surface area contributed by atoms with Crippen LogP contribution >= 0.6 is 0 Å². The molecule has 0 bridgehead atoms. The number of rotatable bonds is 0. The largest absolute Gasteiger partial charge is 0.352 e. The van der Waals surface area contributed by atoms with Crippen LogP contribution in [0, 0.1) is 0 Å². The number of para-hydroxylation sites is 2. The summed E-state index contributed by atoms with van der Waals surface area (Å²) in [5.41, 5.74) is 4.49. The van der Waals surface area contributed by atoms with E-state index in [0.717, 1.165) is 22.7 Å². The minimum atomic E-state index is 1.12. The van der Waals surface area contributed by atoms with E-state index in [1.807, 2.05) is 12.1 Å². The summed E-state index contributed by atoms with van der Waals surface area (Å²) >= 11 is 0. The van der Waals surface area contributed by atoms with Crippen LogP contribution in [-0.4, -0.2) is 0 Å². The van der Waals surface area contributed by atoms with Gasteiger partial charge in [0, 0.05) is 0 Å². The van der Waals surface area contributed by atoms with Gasteiger partial charge in [-0.1, -0.05) is 36.4 Å². The van der Waals surface area contributed by atoms with E-state index in [2.05, 4.69) is 71.3 Å². The summed E-state index contributed by atoms with van der Waals surface area (Å²) in [5.74, 6) is 0. The third-order valence-corrected chi connectivity index (χ3v) is 4.31. The molecule has 1 heterocycles. The first-order valence-corrected chi connectivity index (χ1v) is 7.46. The molecule has 0 aliphatic carbocycles. The van der Waals surface area contributed by atoms with Crippen molar-refractivity contribution in [2.45, 2.75) is 0 Å². The van der Waals surface area contributed by atoms with Crippen LogP contribution in [0.15, 0.2) is 72.8 Å². The Kier molecular flexibility index (Phi) is 2.25. The Balaban J connectivity index is 1.75. The van der Waals surface area contributed by atoms with Crippen LogP contribution in [0.1, 0.15) is 0 Å². The first-order chi connectivity index (χ1) is 10.9. The Labute approximate surface area is 128 Å². The SMILES string of the molecule is c1ccc2c(c1)Nc1cc3cc4ccccc4cc3cc1N2. The van der Waals surface area contributed by atoms with Gasteiger partial charge in [0.15, 0.2) is 0 Å². The van der Waals surface area contributed by atoms with Crippen molar-refractivity contribution in [3.8, 4) is 0 Å². The molecule has 0 saturated carbocycles. The van der Waals surface area contributed by atoms with Gasteiger partial charge in [-0.25, -0.2) is 0 Å². The van der Waals surface area contributed by atoms with E-state index in [9.17, 15) is 0 Å². The van der Waals surface area contributed by atoms with Gasteiger partial charge in [0.05, 0.1) is 22.7 Å². The van der Waals surface area contributed by atoms with Gasteiger partial charge in [-0.3, -0.25) is 0 Å². The van der Waals surface area contributed by atoms with Gasteiger partial charge in [0.1, 0.15) is 0 Å². The summed E-state index contributed by atoms with van der Waals surface area (Å²) in [4.78, 5) is 0. The molecular weight excluding hydrogens is 268 g/mol. The summed E-state index contributed by atoms with van der Waals surface area (Å²) < 4.78 is 0. The highest BCUT2D eigenvalue weighted by Gasteiger charge is 2.14. The summed E-state index contributed by atoms with van der Waals surface area (Å²) in [6.45, 7) is 0. The molecule has 2 nitrogen and oxygen atoms in total. The van der Waals surface area contributed by atoms with Gasteiger partial charge in [0.2, 0.25) is 0 Å². The van der Waals surface area contributed by atoms with Crippen molar-refractivity contribution in [3.05, 3.63) is 72.8 Å². The molecule has 1 aliphatic heterocycles. The van der Waals surface area contributed by atoms with Gasteiger partial charge in [-0.15, -0.1) is 0 Å². The van der Waals surface area contributed by atoms with E-state index in [1.54, 1.807) is 0 Å². The van der Waals surface area contributed by atoms with Gasteiger partial charge >= 0.3 is 0 Å². The number of hydrogen-bond donors (Lipinski definition) is 2. The highest BCUT2D eigenvalue weighted by Crippen LogP contribution is 2.40. The monoisotopic (exact) mass is 282 g/mol.